The fourth-order valence-corrected chi connectivity index (χ4v) is 7.07. The molecule has 0 atom stereocenters. The van der Waals surface area contributed by atoms with Crippen molar-refractivity contribution >= 4 is 71.5 Å². The first-order chi connectivity index (χ1) is 29.6. The third kappa shape index (κ3) is 15.2. The number of rotatable bonds is 9. The zero-order valence-corrected chi connectivity index (χ0v) is 40.5. The van der Waals surface area contributed by atoms with Crippen LogP contribution in [0.3, 0.4) is 0 Å². The van der Waals surface area contributed by atoms with Crippen molar-refractivity contribution in [2.45, 2.75) is 90.7 Å². The van der Waals surface area contributed by atoms with Crippen LogP contribution in [0.2, 0.25) is 0 Å². The predicted molar refractivity (Wildman–Crippen MR) is 244 cm³/mol. The van der Waals surface area contributed by atoms with E-state index in [4.69, 9.17) is 18.9 Å². The summed E-state index contributed by atoms with van der Waals surface area (Å²) in [5, 5.41) is 26.5. The molecule has 0 bridgehead atoms. The predicted octanol–water partition coefficient (Wildman–Crippen LogP) is 6.08. The number of esters is 2. The second kappa shape index (κ2) is 22.7. The average Bonchev–Trinajstić information content (AvgIpc) is 3.21. The van der Waals surface area contributed by atoms with E-state index in [9.17, 15) is 39.0 Å². The number of hydrogen-bond acceptors (Lipinski definition) is 12. The van der Waals surface area contributed by atoms with Gasteiger partial charge in [-0.1, -0.05) is 72.1 Å². The van der Waals surface area contributed by atoms with E-state index in [1.807, 2.05) is 36.4 Å². The topological polar surface area (TPSA) is 225 Å². The molecular formula is C44H51Br3N4O12. The molecule has 2 aromatic carbocycles. The Morgan fingerprint density at radius 2 is 1.17 bits per heavy atom. The largest absolute Gasteiger partial charge is 0.507 e. The van der Waals surface area contributed by atoms with Gasteiger partial charge in [0.15, 0.2) is 0 Å². The van der Waals surface area contributed by atoms with Crippen molar-refractivity contribution in [2.24, 2.45) is 0 Å². The van der Waals surface area contributed by atoms with E-state index in [0.717, 1.165) is 19.8 Å². The summed E-state index contributed by atoms with van der Waals surface area (Å²) in [5.41, 5.74) is 0.601. The lowest BCUT2D eigenvalue weighted by Gasteiger charge is -2.24. The summed E-state index contributed by atoms with van der Waals surface area (Å²) in [5.74, 6) is -3.66. The number of aromatic nitrogens is 2. The molecule has 2 aliphatic rings. The molecule has 0 aliphatic carbocycles. The molecule has 0 saturated heterocycles. The van der Waals surface area contributed by atoms with E-state index >= 15 is 0 Å². The summed E-state index contributed by atoms with van der Waals surface area (Å²) in [6.45, 7) is 10.8. The van der Waals surface area contributed by atoms with E-state index in [-0.39, 0.29) is 36.8 Å². The third-order valence-electron chi connectivity index (χ3n) is 8.91. The number of nitrogens with one attached hydrogen (secondary N) is 3. The van der Waals surface area contributed by atoms with Gasteiger partial charge in [-0.05, 0) is 76.9 Å². The van der Waals surface area contributed by atoms with Crippen molar-refractivity contribution in [3.63, 3.8) is 0 Å². The molecular weight excluding hydrogens is 1020 g/mol. The number of carbonyl (C=O) groups excluding carboxylic acids is 4. The van der Waals surface area contributed by atoms with E-state index in [1.165, 1.54) is 10.1 Å². The summed E-state index contributed by atoms with van der Waals surface area (Å²) >= 11 is 10.1. The number of H-pyrrole nitrogens is 1. The number of alkyl halides is 1. The highest BCUT2D eigenvalue weighted by Gasteiger charge is 2.29. The Kier molecular flexibility index (Phi) is 18.3. The number of pyridine rings is 2. The van der Waals surface area contributed by atoms with Crippen LogP contribution in [-0.2, 0) is 66.5 Å². The maximum atomic E-state index is 13.2. The Morgan fingerprint density at radius 3 is 1.68 bits per heavy atom. The molecule has 2 aliphatic heterocycles. The summed E-state index contributed by atoms with van der Waals surface area (Å²) in [7, 11) is 0. The van der Waals surface area contributed by atoms with Crippen molar-refractivity contribution in [2.75, 3.05) is 26.3 Å². The Labute approximate surface area is 389 Å². The number of benzene rings is 2. The van der Waals surface area contributed by atoms with Crippen LogP contribution in [0.15, 0.2) is 67.1 Å². The van der Waals surface area contributed by atoms with Crippen LogP contribution in [0.4, 0.5) is 0 Å². The molecule has 16 nitrogen and oxygen atoms in total. The van der Waals surface area contributed by atoms with Crippen LogP contribution in [0, 0.1) is 0 Å². The lowest BCUT2D eigenvalue weighted by molar-refractivity contribution is -0.154. The van der Waals surface area contributed by atoms with Crippen LogP contribution in [0.25, 0.3) is 0 Å². The molecule has 0 fully saturated rings. The average molecular weight is 1070 g/mol. The molecule has 0 spiro atoms. The first-order valence-corrected chi connectivity index (χ1v) is 22.4. The van der Waals surface area contributed by atoms with Crippen LogP contribution in [0.5, 0.6) is 11.5 Å². The highest BCUT2D eigenvalue weighted by Crippen LogP contribution is 2.29. The number of ether oxygens (including phenoxy) is 4. The molecule has 0 saturated carbocycles. The minimum Gasteiger partial charge on any atom is -0.507 e. The Hall–Kier alpha value is -4.82. The molecule has 5 N–H and O–H groups in total. The van der Waals surface area contributed by atoms with Crippen LogP contribution >= 0.6 is 47.8 Å². The van der Waals surface area contributed by atoms with Crippen LogP contribution < -0.4 is 21.8 Å². The fourth-order valence-electron chi connectivity index (χ4n) is 6.16. The van der Waals surface area contributed by atoms with E-state index in [0.29, 0.717) is 48.6 Å². The first-order valence-electron chi connectivity index (χ1n) is 19.7. The number of aromatic hydroxyl groups is 2. The zero-order chi connectivity index (χ0) is 46.6. The molecule has 19 heteroatoms. The number of fused-ring (bicyclic) bond motifs is 2. The lowest BCUT2D eigenvalue weighted by atomic mass is 10.0. The smallest absolute Gasteiger partial charge is 0.325 e. The molecule has 2 amide bonds. The molecule has 340 valence electrons. The van der Waals surface area contributed by atoms with Gasteiger partial charge in [0.2, 0.25) is 0 Å². The molecule has 6 rings (SSSR count). The second-order valence-corrected chi connectivity index (χ2v) is 18.6. The number of hydrogen-bond donors (Lipinski definition) is 5. The maximum absolute atomic E-state index is 13.2. The van der Waals surface area contributed by atoms with Gasteiger partial charge in [0.25, 0.3) is 22.9 Å². The molecule has 2 aromatic heterocycles. The highest BCUT2D eigenvalue weighted by atomic mass is 79.9. The van der Waals surface area contributed by atoms with Crippen molar-refractivity contribution in [1.29, 1.82) is 0 Å². The summed E-state index contributed by atoms with van der Waals surface area (Å²) in [6.07, 6.45) is 0.762. The monoisotopic (exact) mass is 1060 g/mol. The number of nitrogens with zero attached hydrogens (tertiary/aromatic N) is 1. The van der Waals surface area contributed by atoms with Gasteiger partial charge < -0.3 is 49.3 Å². The third-order valence-corrected chi connectivity index (χ3v) is 10.6. The van der Waals surface area contributed by atoms with Crippen molar-refractivity contribution < 1.29 is 48.3 Å². The maximum Gasteiger partial charge on any atom is 0.325 e. The fraction of sp³-hybridized carbons (Fsp3) is 0.409. The van der Waals surface area contributed by atoms with Crippen molar-refractivity contribution in [1.82, 2.24) is 20.2 Å². The van der Waals surface area contributed by atoms with E-state index in [1.54, 1.807) is 41.5 Å². The summed E-state index contributed by atoms with van der Waals surface area (Å²) in [4.78, 5) is 76.1. The summed E-state index contributed by atoms with van der Waals surface area (Å²) < 4.78 is 24.4. The Bertz CT molecular complexity index is 2400. The SMILES string of the molecule is BrCc1ccc(Br)cc1.CC(C)(C)OC(=O)CNC(=O)c1c(O)c2c([nH]c1=O)COCC2.CC(C)(C)OC(=O)CNC(=O)c1c(O)c2c(n(Cc3ccc(Br)cc3)c1=O)COCC2. The van der Waals surface area contributed by atoms with Crippen LogP contribution in [-0.4, -0.2) is 81.0 Å². The standard InChI is InChI=1S/C22H25BrN2O6.C15H20N2O6.C7H6Br2/c1-22(2,3)31-17(26)10-24-20(28)18-19(27)15-8-9-30-12-16(15)25(21(18)29)11-13-4-6-14(23)7-5-13;1-15(2,3)23-10(18)6-16-13(20)11-12(19)8-4-5-22-7-9(8)17-14(11)21;8-5-6-1-3-7(9)4-2-6/h4-7,27H,8-12H2,1-3H3,(H,24,28);4-7H2,1-3H3,(H,16,20)(H2,17,19,21);1-4H,5H2. The number of carbonyl (C=O) groups is 4. The van der Waals surface area contributed by atoms with Gasteiger partial charge in [0.1, 0.15) is 46.9 Å². The van der Waals surface area contributed by atoms with Gasteiger partial charge in [-0.3, -0.25) is 28.8 Å². The van der Waals surface area contributed by atoms with E-state index < -0.39 is 64.7 Å². The van der Waals surface area contributed by atoms with Crippen molar-refractivity contribution in [3.05, 3.63) is 123 Å². The molecule has 63 heavy (non-hydrogen) atoms. The van der Waals surface area contributed by atoms with Crippen molar-refractivity contribution in [3.8, 4) is 11.5 Å². The quantitative estimate of drug-likeness (QED) is 0.0951. The first kappa shape index (κ1) is 50.8. The minimum absolute atomic E-state index is 0.161. The molecule has 0 unspecified atom stereocenters. The lowest BCUT2D eigenvalue weighted by Crippen LogP contribution is -2.39. The van der Waals surface area contributed by atoms with Gasteiger partial charge >= 0.3 is 11.9 Å². The zero-order valence-electron chi connectivity index (χ0n) is 35.7. The number of amides is 2. The summed E-state index contributed by atoms with van der Waals surface area (Å²) in [6, 6.07) is 15.7. The van der Waals surface area contributed by atoms with Gasteiger partial charge in [-0.2, -0.15) is 0 Å². The molecule has 4 heterocycles. The Balaban J connectivity index is 0.000000237. The molecule has 0 radical (unpaired) electrons. The minimum atomic E-state index is -0.830. The van der Waals surface area contributed by atoms with Gasteiger partial charge in [0, 0.05) is 38.2 Å². The van der Waals surface area contributed by atoms with E-state index in [2.05, 4.69) is 75.5 Å². The van der Waals surface area contributed by atoms with Gasteiger partial charge in [-0.15, -0.1) is 0 Å². The van der Waals surface area contributed by atoms with Gasteiger partial charge in [-0.25, -0.2) is 0 Å². The van der Waals surface area contributed by atoms with Crippen LogP contribution in [0.1, 0.15) is 95.9 Å². The Morgan fingerprint density at radius 1 is 0.714 bits per heavy atom. The number of halogens is 3. The molecule has 4 aromatic rings. The normalized spacial score (nSPS) is 13.1. The highest BCUT2D eigenvalue weighted by molar-refractivity contribution is 9.10. The number of aromatic amines is 1. The van der Waals surface area contributed by atoms with Gasteiger partial charge in [0.05, 0.1) is 44.4 Å². The second-order valence-electron chi connectivity index (χ2n) is 16.2.